The second-order valence-corrected chi connectivity index (χ2v) is 5.67. The quantitative estimate of drug-likeness (QED) is 0.658. The van der Waals surface area contributed by atoms with Gasteiger partial charge in [0.25, 0.3) is 0 Å². The molecule has 0 radical (unpaired) electrons. The fourth-order valence-corrected chi connectivity index (χ4v) is 2.67. The molecule has 6 heteroatoms. The van der Waals surface area contributed by atoms with Gasteiger partial charge in [-0.3, -0.25) is 10.5 Å². The number of halogens is 1. The number of ether oxygens (including phenoxy) is 1. The van der Waals surface area contributed by atoms with Gasteiger partial charge in [0.05, 0.1) is 30.1 Å². The lowest BCUT2D eigenvalue weighted by atomic mass is 10.0. The average molecular weight is 309 g/mol. The fraction of sp³-hybridized carbons (Fsp3) is 0.400. The predicted molar refractivity (Wildman–Crippen MR) is 84.5 cm³/mol. The number of nitrogens with zero attached hydrogens (tertiary/aromatic N) is 2. The maximum atomic E-state index is 6.33. The van der Waals surface area contributed by atoms with Crippen LogP contribution >= 0.6 is 11.6 Å². The average Bonchev–Trinajstić information content (AvgIpc) is 2.82. The summed E-state index contributed by atoms with van der Waals surface area (Å²) in [6.45, 7) is 6.12. The molecule has 2 rings (SSSR count). The maximum absolute atomic E-state index is 6.33. The Morgan fingerprint density at radius 2 is 2.10 bits per heavy atom. The molecular weight excluding hydrogens is 288 g/mol. The van der Waals surface area contributed by atoms with E-state index >= 15 is 0 Å². The fourth-order valence-electron chi connectivity index (χ4n) is 2.43. The molecule has 0 aliphatic heterocycles. The summed E-state index contributed by atoms with van der Waals surface area (Å²) in [6.07, 6.45) is 1.64. The van der Waals surface area contributed by atoms with Crippen molar-refractivity contribution in [3.63, 3.8) is 0 Å². The van der Waals surface area contributed by atoms with Crippen LogP contribution in [0, 0.1) is 6.92 Å². The molecule has 0 saturated heterocycles. The van der Waals surface area contributed by atoms with Gasteiger partial charge in [-0.1, -0.05) is 29.3 Å². The summed E-state index contributed by atoms with van der Waals surface area (Å²) in [5, 5.41) is 4.91. The molecule has 21 heavy (non-hydrogen) atoms. The summed E-state index contributed by atoms with van der Waals surface area (Å²) >= 11 is 6.33. The summed E-state index contributed by atoms with van der Waals surface area (Å²) in [5.74, 6) is 6.56. The van der Waals surface area contributed by atoms with Crippen LogP contribution in [-0.2, 0) is 0 Å². The number of hydrogen-bond acceptors (Lipinski definition) is 4. The minimum atomic E-state index is -0.294. The van der Waals surface area contributed by atoms with Crippen LogP contribution in [0.2, 0.25) is 5.02 Å². The van der Waals surface area contributed by atoms with E-state index < -0.39 is 0 Å². The number of aromatic nitrogens is 2. The zero-order valence-electron chi connectivity index (χ0n) is 12.7. The third-order valence-corrected chi connectivity index (χ3v) is 3.70. The van der Waals surface area contributed by atoms with Crippen molar-refractivity contribution in [1.82, 2.24) is 15.2 Å². The Bertz CT molecular complexity index is 624. The van der Waals surface area contributed by atoms with Crippen LogP contribution in [-0.4, -0.2) is 16.9 Å². The summed E-state index contributed by atoms with van der Waals surface area (Å²) in [7, 11) is 1.64. The highest BCUT2D eigenvalue weighted by molar-refractivity contribution is 6.31. The Morgan fingerprint density at radius 3 is 2.67 bits per heavy atom. The van der Waals surface area contributed by atoms with Crippen molar-refractivity contribution >= 4 is 11.6 Å². The number of benzene rings is 1. The minimum Gasteiger partial charge on any atom is -0.496 e. The van der Waals surface area contributed by atoms with Crippen LogP contribution in [0.15, 0.2) is 24.4 Å². The van der Waals surface area contributed by atoms with Gasteiger partial charge in [0.1, 0.15) is 5.75 Å². The Kier molecular flexibility index (Phi) is 4.88. The van der Waals surface area contributed by atoms with E-state index in [0.717, 1.165) is 22.6 Å². The lowest BCUT2D eigenvalue weighted by molar-refractivity contribution is 0.399. The van der Waals surface area contributed by atoms with Gasteiger partial charge >= 0.3 is 0 Å². The van der Waals surface area contributed by atoms with Crippen LogP contribution in [0.3, 0.4) is 0 Å². The van der Waals surface area contributed by atoms with Crippen molar-refractivity contribution in [1.29, 1.82) is 0 Å². The summed E-state index contributed by atoms with van der Waals surface area (Å²) in [6, 6.07) is 5.85. The topological polar surface area (TPSA) is 65.1 Å². The lowest BCUT2D eigenvalue weighted by Crippen LogP contribution is -2.31. The van der Waals surface area contributed by atoms with Crippen molar-refractivity contribution in [2.75, 3.05) is 7.11 Å². The Hall–Kier alpha value is -1.56. The number of hydrazine groups is 1. The third kappa shape index (κ3) is 3.05. The molecule has 0 fully saturated rings. The van der Waals surface area contributed by atoms with E-state index in [2.05, 4.69) is 10.5 Å². The maximum Gasteiger partial charge on any atom is 0.124 e. The summed E-state index contributed by atoms with van der Waals surface area (Å²) < 4.78 is 7.32. The number of methoxy groups -OCH3 is 1. The van der Waals surface area contributed by atoms with E-state index in [-0.39, 0.29) is 12.1 Å². The molecule has 1 heterocycles. The molecule has 0 aliphatic rings. The van der Waals surface area contributed by atoms with Gasteiger partial charge < -0.3 is 4.74 Å². The number of nitrogens with one attached hydrogen (secondary N) is 1. The lowest BCUT2D eigenvalue weighted by Gasteiger charge is -2.22. The van der Waals surface area contributed by atoms with Gasteiger partial charge in [-0.25, -0.2) is 5.43 Å². The first-order valence-corrected chi connectivity index (χ1v) is 7.21. The van der Waals surface area contributed by atoms with Gasteiger partial charge in [-0.2, -0.15) is 5.10 Å². The zero-order chi connectivity index (χ0) is 15.6. The van der Waals surface area contributed by atoms with Gasteiger partial charge in [-0.15, -0.1) is 0 Å². The van der Waals surface area contributed by atoms with Crippen LogP contribution in [0.1, 0.15) is 42.8 Å². The van der Waals surface area contributed by atoms with Crippen LogP contribution in [0.25, 0.3) is 0 Å². The zero-order valence-corrected chi connectivity index (χ0v) is 13.5. The monoisotopic (exact) mass is 308 g/mol. The Labute approximate surface area is 130 Å². The first kappa shape index (κ1) is 15.8. The van der Waals surface area contributed by atoms with E-state index in [1.54, 1.807) is 13.3 Å². The second kappa shape index (κ2) is 6.47. The van der Waals surface area contributed by atoms with Crippen LogP contribution in [0.4, 0.5) is 0 Å². The highest BCUT2D eigenvalue weighted by Crippen LogP contribution is 2.34. The van der Waals surface area contributed by atoms with E-state index in [0.29, 0.717) is 5.02 Å². The van der Waals surface area contributed by atoms with Crippen molar-refractivity contribution in [2.45, 2.75) is 32.9 Å². The molecule has 1 aromatic carbocycles. The number of nitrogens with two attached hydrogens (primary N) is 1. The minimum absolute atomic E-state index is 0.180. The van der Waals surface area contributed by atoms with Crippen LogP contribution in [0.5, 0.6) is 5.75 Å². The normalized spacial score (nSPS) is 12.7. The molecule has 0 amide bonds. The third-order valence-electron chi connectivity index (χ3n) is 3.41. The van der Waals surface area contributed by atoms with E-state index in [9.17, 15) is 0 Å². The first-order chi connectivity index (χ1) is 9.99. The van der Waals surface area contributed by atoms with Gasteiger partial charge in [-0.05, 0) is 26.8 Å². The number of aryl methyl sites for hydroxylation is 1. The molecule has 1 unspecified atom stereocenters. The molecule has 0 spiro atoms. The Balaban J connectivity index is 2.60. The van der Waals surface area contributed by atoms with E-state index in [1.807, 2.05) is 43.7 Å². The smallest absolute Gasteiger partial charge is 0.124 e. The van der Waals surface area contributed by atoms with Crippen molar-refractivity contribution < 1.29 is 4.74 Å². The molecule has 114 valence electrons. The molecular formula is C15H21ClN4O. The largest absolute Gasteiger partial charge is 0.496 e. The molecule has 5 nitrogen and oxygen atoms in total. The van der Waals surface area contributed by atoms with Crippen molar-refractivity contribution in [3.8, 4) is 5.75 Å². The summed E-state index contributed by atoms with van der Waals surface area (Å²) in [5.41, 5.74) is 5.72. The first-order valence-electron chi connectivity index (χ1n) is 6.83. The van der Waals surface area contributed by atoms with Crippen LogP contribution < -0.4 is 16.0 Å². The number of rotatable bonds is 5. The molecule has 0 bridgehead atoms. The highest BCUT2D eigenvalue weighted by atomic mass is 35.5. The summed E-state index contributed by atoms with van der Waals surface area (Å²) in [4.78, 5) is 0. The molecule has 1 atom stereocenters. The molecule has 0 aliphatic carbocycles. The van der Waals surface area contributed by atoms with Gasteiger partial charge in [0.2, 0.25) is 0 Å². The molecule has 3 N–H and O–H groups in total. The van der Waals surface area contributed by atoms with Gasteiger partial charge in [0, 0.05) is 11.6 Å². The number of hydrogen-bond donors (Lipinski definition) is 2. The highest BCUT2D eigenvalue weighted by Gasteiger charge is 2.25. The van der Waals surface area contributed by atoms with E-state index in [1.165, 1.54) is 0 Å². The molecule has 1 aromatic heterocycles. The van der Waals surface area contributed by atoms with E-state index in [4.69, 9.17) is 22.2 Å². The standard InChI is InChI=1S/C15H21ClN4O/c1-9(2)20-15(12(16)8-18-20)14(19-17)11-7-10(3)5-6-13(11)21-4/h5-9,14,19H,17H2,1-4H3. The van der Waals surface area contributed by atoms with Crippen molar-refractivity contribution in [3.05, 3.63) is 46.2 Å². The van der Waals surface area contributed by atoms with Crippen molar-refractivity contribution in [2.24, 2.45) is 5.84 Å². The SMILES string of the molecule is COc1ccc(C)cc1C(NN)c1c(Cl)cnn1C(C)C. The predicted octanol–water partition coefficient (Wildman–Crippen LogP) is 2.99. The second-order valence-electron chi connectivity index (χ2n) is 5.26. The Morgan fingerprint density at radius 1 is 1.38 bits per heavy atom. The molecule has 2 aromatic rings. The van der Waals surface area contributed by atoms with Gasteiger partial charge in [0.15, 0.2) is 0 Å². The molecule has 0 saturated carbocycles.